The van der Waals surface area contributed by atoms with Crippen LogP contribution in [0.2, 0.25) is 0 Å². The van der Waals surface area contributed by atoms with Gasteiger partial charge in [0.15, 0.2) is 9.84 Å². The van der Waals surface area contributed by atoms with Gasteiger partial charge in [0.2, 0.25) is 0 Å². The molecule has 0 radical (unpaired) electrons. The van der Waals surface area contributed by atoms with E-state index < -0.39 is 21.8 Å². The first-order valence-electron chi connectivity index (χ1n) is 9.68. The molecule has 2 heterocycles. The van der Waals surface area contributed by atoms with Gasteiger partial charge in [0.25, 0.3) is 0 Å². The van der Waals surface area contributed by atoms with Gasteiger partial charge in [-0.1, -0.05) is 6.08 Å². The first kappa shape index (κ1) is 20.1. The van der Waals surface area contributed by atoms with Gasteiger partial charge >= 0.3 is 0 Å². The molecule has 1 aromatic rings. The van der Waals surface area contributed by atoms with Crippen LogP contribution in [0.3, 0.4) is 0 Å². The molecule has 1 aliphatic carbocycles. The van der Waals surface area contributed by atoms with E-state index in [-0.39, 0.29) is 28.8 Å². The number of rotatable bonds is 4. The van der Waals surface area contributed by atoms with Crippen LogP contribution >= 0.6 is 0 Å². The smallest absolute Gasteiger partial charge is 0.175 e. The van der Waals surface area contributed by atoms with Gasteiger partial charge < -0.3 is 9.64 Å². The van der Waals surface area contributed by atoms with Crippen LogP contribution < -0.4 is 9.64 Å². The van der Waals surface area contributed by atoms with E-state index in [9.17, 15) is 17.2 Å². The molecule has 3 unspecified atom stereocenters. The minimum absolute atomic E-state index is 0.0564. The summed E-state index contributed by atoms with van der Waals surface area (Å²) in [6, 6.07) is 4.94. The number of piperidine rings is 1. The summed E-state index contributed by atoms with van der Waals surface area (Å²) in [7, 11) is -1.81. The van der Waals surface area contributed by atoms with Crippen LogP contribution in [0, 0.1) is 5.92 Å². The fourth-order valence-corrected chi connectivity index (χ4v) is 5.04. The lowest BCUT2D eigenvalue weighted by molar-refractivity contribution is 0.376. The van der Waals surface area contributed by atoms with Gasteiger partial charge in [-0.2, -0.15) is 0 Å². The van der Waals surface area contributed by atoms with Crippen LogP contribution in [-0.4, -0.2) is 52.8 Å². The number of aliphatic imine (C=N–C) groups is 1. The number of methoxy groups -OCH3 is 1. The van der Waals surface area contributed by atoms with Crippen LogP contribution in [0.1, 0.15) is 19.3 Å². The highest BCUT2D eigenvalue weighted by atomic mass is 32.2. The number of nitrogens with zero attached hydrogens (tertiary/aromatic N) is 2. The molecule has 1 aromatic carbocycles. The molecule has 2 aliphatic heterocycles. The molecule has 3 aliphatic rings. The highest BCUT2D eigenvalue weighted by molar-refractivity contribution is 7.90. The molecule has 29 heavy (non-hydrogen) atoms. The summed E-state index contributed by atoms with van der Waals surface area (Å²) in [6.45, 7) is 1.39. The van der Waals surface area contributed by atoms with E-state index in [1.54, 1.807) is 12.1 Å². The first-order chi connectivity index (χ1) is 13.8. The monoisotopic (exact) mass is 422 g/mol. The maximum absolute atomic E-state index is 14.3. The Morgan fingerprint density at radius 3 is 2.79 bits per heavy atom. The number of benzene rings is 1. The van der Waals surface area contributed by atoms with E-state index in [0.717, 1.165) is 18.4 Å². The molecule has 4 rings (SSSR count). The summed E-state index contributed by atoms with van der Waals surface area (Å²) in [6.07, 6.45) is 4.17. The third-order valence-electron chi connectivity index (χ3n) is 5.88. The number of sulfone groups is 1. The Morgan fingerprint density at radius 1 is 1.31 bits per heavy atom. The van der Waals surface area contributed by atoms with E-state index >= 15 is 0 Å². The summed E-state index contributed by atoms with van der Waals surface area (Å²) in [5.41, 5.74) is 1.49. The van der Waals surface area contributed by atoms with Crippen molar-refractivity contribution in [2.24, 2.45) is 10.9 Å². The zero-order chi connectivity index (χ0) is 20.8. The standard InChI is InChI=1S/C21H24F2N2O3S/c1-28-20-11-14(29(2,26)27)6-7-19(20)25-9-8-17-13(12-25)10-18(24-17)21-15(22)4-3-5-16(21)23/h3-4,6-7,11,13,16-17H,5,8-10,12H2,1-2H3. The quantitative estimate of drug-likeness (QED) is 0.743. The third kappa shape index (κ3) is 3.82. The van der Waals surface area contributed by atoms with Gasteiger partial charge in [-0.3, -0.25) is 4.99 Å². The molecule has 0 aromatic heterocycles. The van der Waals surface area contributed by atoms with Gasteiger partial charge in [-0.15, -0.1) is 0 Å². The van der Waals surface area contributed by atoms with E-state index in [1.165, 1.54) is 25.3 Å². The summed E-state index contributed by atoms with van der Waals surface area (Å²) < 4.78 is 57.6. The lowest BCUT2D eigenvalue weighted by Crippen LogP contribution is -2.41. The molecule has 0 amide bonds. The number of fused-ring (bicyclic) bond motifs is 1. The topological polar surface area (TPSA) is 59.0 Å². The zero-order valence-electron chi connectivity index (χ0n) is 16.4. The SMILES string of the molecule is COc1cc(S(C)(=O)=O)ccc1N1CCC2N=C(C3=C(F)C=CCC3F)CC2C1. The molecule has 5 nitrogen and oxygen atoms in total. The Bertz CT molecular complexity index is 1020. The normalized spacial score (nSPS) is 27.1. The summed E-state index contributed by atoms with van der Waals surface area (Å²) in [4.78, 5) is 7.01. The summed E-state index contributed by atoms with van der Waals surface area (Å²) in [5.74, 6) is 0.146. The number of hydrogen-bond acceptors (Lipinski definition) is 5. The number of ether oxygens (including phenoxy) is 1. The van der Waals surface area contributed by atoms with Crippen molar-refractivity contribution < 1.29 is 21.9 Å². The molecule has 8 heteroatoms. The van der Waals surface area contributed by atoms with Crippen molar-refractivity contribution in [1.82, 2.24) is 0 Å². The third-order valence-corrected chi connectivity index (χ3v) is 6.99. The molecule has 0 bridgehead atoms. The lowest BCUT2D eigenvalue weighted by atomic mass is 9.88. The second-order valence-electron chi connectivity index (χ2n) is 7.82. The minimum atomic E-state index is -3.33. The van der Waals surface area contributed by atoms with E-state index in [1.807, 2.05) is 0 Å². The highest BCUT2D eigenvalue weighted by Gasteiger charge is 2.38. The molecule has 0 spiro atoms. The van der Waals surface area contributed by atoms with Gasteiger partial charge in [0.1, 0.15) is 17.7 Å². The molecule has 1 fully saturated rings. The Hall–Kier alpha value is -2.22. The average Bonchev–Trinajstić information content (AvgIpc) is 3.09. The van der Waals surface area contributed by atoms with E-state index in [4.69, 9.17) is 4.74 Å². The van der Waals surface area contributed by atoms with Gasteiger partial charge in [-0.25, -0.2) is 17.2 Å². The van der Waals surface area contributed by atoms with E-state index in [0.29, 0.717) is 31.0 Å². The van der Waals surface area contributed by atoms with Crippen molar-refractivity contribution in [3.05, 3.63) is 41.8 Å². The van der Waals surface area contributed by atoms with Gasteiger partial charge in [-0.05, 0) is 31.1 Å². The Morgan fingerprint density at radius 2 is 2.10 bits per heavy atom. The maximum Gasteiger partial charge on any atom is 0.175 e. The Balaban J connectivity index is 1.54. The summed E-state index contributed by atoms with van der Waals surface area (Å²) in [5, 5.41) is 0. The number of hydrogen-bond donors (Lipinski definition) is 0. The molecule has 0 N–H and O–H groups in total. The van der Waals surface area contributed by atoms with Crippen LogP contribution in [0.5, 0.6) is 5.75 Å². The lowest BCUT2D eigenvalue weighted by Gasteiger charge is -2.36. The number of alkyl halides is 1. The van der Waals surface area contributed by atoms with Gasteiger partial charge in [0.05, 0.1) is 23.7 Å². The Labute approximate surface area is 169 Å². The second kappa shape index (κ2) is 7.55. The maximum atomic E-state index is 14.3. The van der Waals surface area contributed by atoms with Crippen LogP contribution in [0.4, 0.5) is 14.5 Å². The second-order valence-corrected chi connectivity index (χ2v) is 9.83. The number of anilines is 1. The molecule has 156 valence electrons. The predicted molar refractivity (Wildman–Crippen MR) is 109 cm³/mol. The minimum Gasteiger partial charge on any atom is -0.495 e. The van der Waals surface area contributed by atoms with E-state index in [2.05, 4.69) is 9.89 Å². The van der Waals surface area contributed by atoms with Crippen molar-refractivity contribution in [3.63, 3.8) is 0 Å². The highest BCUT2D eigenvalue weighted by Crippen LogP contribution is 2.39. The number of halogens is 2. The fraction of sp³-hybridized carbons (Fsp3) is 0.476. The fourth-order valence-electron chi connectivity index (χ4n) is 4.41. The predicted octanol–water partition coefficient (Wildman–Crippen LogP) is 3.66. The van der Waals surface area contributed by atoms with Crippen molar-refractivity contribution in [3.8, 4) is 5.75 Å². The van der Waals surface area contributed by atoms with Gasteiger partial charge in [0, 0.05) is 49.0 Å². The molecular formula is C21H24F2N2O3S. The van der Waals surface area contributed by atoms with Crippen molar-refractivity contribution >= 4 is 21.2 Å². The molecular weight excluding hydrogens is 398 g/mol. The zero-order valence-corrected chi connectivity index (χ0v) is 17.3. The molecule has 0 saturated carbocycles. The van der Waals surface area contributed by atoms with Crippen LogP contribution in [0.25, 0.3) is 0 Å². The van der Waals surface area contributed by atoms with Crippen LogP contribution in [-0.2, 0) is 9.84 Å². The molecule has 1 saturated heterocycles. The average molecular weight is 422 g/mol. The van der Waals surface area contributed by atoms with Crippen molar-refractivity contribution in [1.29, 1.82) is 0 Å². The van der Waals surface area contributed by atoms with Crippen molar-refractivity contribution in [2.45, 2.75) is 36.4 Å². The largest absolute Gasteiger partial charge is 0.495 e. The van der Waals surface area contributed by atoms with Crippen LogP contribution in [0.15, 0.2) is 51.6 Å². The molecule has 3 atom stereocenters. The van der Waals surface area contributed by atoms with Crippen molar-refractivity contribution in [2.75, 3.05) is 31.4 Å². The first-order valence-corrected chi connectivity index (χ1v) is 11.6. The number of allylic oxidation sites excluding steroid dienone is 4. The Kier molecular flexibility index (Phi) is 5.23. The summed E-state index contributed by atoms with van der Waals surface area (Å²) >= 11 is 0.